The Labute approximate surface area is 262 Å². The van der Waals surface area contributed by atoms with E-state index in [0.717, 1.165) is 42.3 Å². The van der Waals surface area contributed by atoms with Crippen molar-refractivity contribution in [1.82, 2.24) is 25.5 Å². The Balaban J connectivity index is 1.84. The Morgan fingerprint density at radius 2 is 1.61 bits per heavy atom. The van der Waals surface area contributed by atoms with Crippen molar-refractivity contribution in [1.29, 1.82) is 0 Å². The summed E-state index contributed by atoms with van der Waals surface area (Å²) in [5.74, 6) is -3.51. The van der Waals surface area contributed by atoms with E-state index in [1.807, 2.05) is 0 Å². The van der Waals surface area contributed by atoms with Gasteiger partial charge in [0.1, 0.15) is 35.8 Å². The lowest BCUT2D eigenvalue weighted by Crippen LogP contribution is -2.58. The van der Waals surface area contributed by atoms with Crippen molar-refractivity contribution in [2.45, 2.75) is 126 Å². The summed E-state index contributed by atoms with van der Waals surface area (Å²) in [7, 11) is 0. The minimum Gasteiger partial charge on any atom is -0.480 e. The Hall–Kier alpha value is -2.72. The molecule has 0 spiro atoms. The first kappa shape index (κ1) is 37.5. The number of aliphatic hydroxyl groups excluding tert-OH is 4. The van der Waals surface area contributed by atoms with E-state index in [-0.39, 0.29) is 12.2 Å². The number of nitrogens with zero attached hydrogens (tertiary/aromatic N) is 2. The average molecular weight is 644 g/mol. The second-order valence-corrected chi connectivity index (χ2v) is 12.4. The normalized spacial score (nSPS) is 20.0. The summed E-state index contributed by atoms with van der Waals surface area (Å²) in [5, 5.41) is 55.5. The van der Waals surface area contributed by atoms with Gasteiger partial charge < -0.3 is 46.1 Å². The first-order chi connectivity index (χ1) is 21.0. The molecule has 7 atom stereocenters. The number of carbonyl (C=O) groups excluding carboxylic acids is 3. The SMILES string of the molecule is CCCCCCCCCCCCNC(=O)C1CSC([C@@H](O)[C@@H](O)[C@@H](O)[C@H](O)C(=O)N[C@@H](Cc2cnc[nH]2)C(=O)O)N1C(C)=O. The van der Waals surface area contributed by atoms with Crippen molar-refractivity contribution in [2.24, 2.45) is 0 Å². The third kappa shape index (κ3) is 11.7. The highest BCUT2D eigenvalue weighted by Crippen LogP contribution is 2.33. The van der Waals surface area contributed by atoms with Crippen LogP contribution >= 0.6 is 11.8 Å². The third-order valence-electron chi connectivity index (χ3n) is 7.71. The summed E-state index contributed by atoms with van der Waals surface area (Å²) in [6.45, 7) is 3.85. The monoisotopic (exact) mass is 643 g/mol. The molecule has 44 heavy (non-hydrogen) atoms. The molecule has 1 aromatic heterocycles. The van der Waals surface area contributed by atoms with Crippen LogP contribution in [-0.4, -0.2) is 118 Å². The molecule has 2 heterocycles. The number of imidazole rings is 1. The predicted molar refractivity (Wildman–Crippen MR) is 163 cm³/mol. The predicted octanol–water partition coefficient (Wildman–Crippen LogP) is 0.292. The molecule has 1 aliphatic rings. The molecule has 1 aliphatic heterocycles. The van der Waals surface area contributed by atoms with Gasteiger partial charge in [-0.05, 0) is 6.42 Å². The number of carbonyl (C=O) groups is 4. The number of nitrogens with one attached hydrogen (secondary N) is 3. The molecule has 14 nitrogen and oxygen atoms in total. The standard InChI is InChI=1S/C29H49N5O9S/c1-3-4-5-6-7-8-9-10-11-12-13-31-26(40)21-16-44-28(34(21)18(2)35)25(39)23(37)22(36)24(38)27(41)33-20(29(42)43)14-19-15-30-17-32-19/h15,17,20-25,28,36-39H,3-14,16H2,1-2H3,(H,30,32)(H,31,40)(H,33,41)(H,42,43)/t20-,21?,22+,23-,24-,25-,28?/m0/s1. The number of H-pyrrole nitrogens is 1. The quantitative estimate of drug-likeness (QED) is 0.0850. The molecule has 2 rings (SSSR count). The minimum absolute atomic E-state index is 0.130. The molecule has 0 aliphatic carbocycles. The number of carboxylic acids is 1. The van der Waals surface area contributed by atoms with Crippen molar-refractivity contribution in [2.75, 3.05) is 12.3 Å². The van der Waals surface area contributed by atoms with Gasteiger partial charge in [0.25, 0.3) is 5.91 Å². The molecule has 1 aromatic rings. The molecule has 8 N–H and O–H groups in total. The highest BCUT2D eigenvalue weighted by atomic mass is 32.2. The number of hydrogen-bond donors (Lipinski definition) is 8. The smallest absolute Gasteiger partial charge is 0.326 e. The molecule has 2 unspecified atom stereocenters. The van der Waals surface area contributed by atoms with Gasteiger partial charge in [-0.2, -0.15) is 0 Å². The van der Waals surface area contributed by atoms with Crippen molar-refractivity contribution < 1.29 is 44.7 Å². The first-order valence-electron chi connectivity index (χ1n) is 15.4. The van der Waals surface area contributed by atoms with Crippen molar-refractivity contribution in [3.8, 4) is 0 Å². The molecule has 0 bridgehead atoms. The lowest BCUT2D eigenvalue weighted by atomic mass is 10.0. The second kappa shape index (κ2) is 19.6. The Morgan fingerprint density at radius 1 is 1.00 bits per heavy atom. The van der Waals surface area contributed by atoms with Crippen LogP contribution in [0.5, 0.6) is 0 Å². The third-order valence-corrected chi connectivity index (χ3v) is 9.06. The number of aromatic amines is 1. The minimum atomic E-state index is -2.30. The van der Waals surface area contributed by atoms with Crippen LogP contribution in [0.4, 0.5) is 0 Å². The Bertz CT molecular complexity index is 1030. The molecule has 0 saturated carbocycles. The first-order valence-corrected chi connectivity index (χ1v) is 16.4. The van der Waals surface area contributed by atoms with Gasteiger partial charge in [0.05, 0.1) is 6.33 Å². The topological polar surface area (TPSA) is 225 Å². The number of unbranched alkanes of at least 4 members (excludes halogenated alkanes) is 9. The maximum absolute atomic E-state index is 12.9. The summed E-state index contributed by atoms with van der Waals surface area (Å²) in [4.78, 5) is 57.1. The van der Waals surface area contributed by atoms with Crippen molar-refractivity contribution in [3.05, 3.63) is 18.2 Å². The van der Waals surface area contributed by atoms with Crippen LogP contribution in [0.25, 0.3) is 0 Å². The number of carboxylic acid groups (broad SMARTS) is 1. The van der Waals surface area contributed by atoms with Gasteiger partial charge in [-0.25, -0.2) is 9.78 Å². The summed E-state index contributed by atoms with van der Waals surface area (Å²) in [5.41, 5.74) is 0.396. The number of thioether (sulfide) groups is 1. The fourth-order valence-electron chi connectivity index (χ4n) is 5.12. The maximum Gasteiger partial charge on any atom is 0.326 e. The number of aliphatic hydroxyl groups is 4. The molecular weight excluding hydrogens is 594 g/mol. The number of amides is 3. The largest absolute Gasteiger partial charge is 0.480 e. The zero-order valence-electron chi connectivity index (χ0n) is 25.6. The van der Waals surface area contributed by atoms with Crippen LogP contribution in [0.1, 0.15) is 83.7 Å². The molecular formula is C29H49N5O9S. The van der Waals surface area contributed by atoms with Crippen molar-refractivity contribution >= 4 is 35.5 Å². The van der Waals surface area contributed by atoms with E-state index in [1.54, 1.807) is 0 Å². The van der Waals surface area contributed by atoms with E-state index < -0.39 is 65.6 Å². The summed E-state index contributed by atoms with van der Waals surface area (Å²) < 4.78 is 0. The van der Waals surface area contributed by atoms with Gasteiger partial charge in [0, 0.05) is 37.5 Å². The molecule has 0 radical (unpaired) electrons. The maximum atomic E-state index is 12.9. The lowest BCUT2D eigenvalue weighted by molar-refractivity contribution is -0.155. The fourth-order valence-corrected chi connectivity index (χ4v) is 6.62. The van der Waals surface area contributed by atoms with Crippen LogP contribution in [0.15, 0.2) is 12.5 Å². The zero-order valence-corrected chi connectivity index (χ0v) is 26.4. The second-order valence-electron chi connectivity index (χ2n) is 11.2. The summed E-state index contributed by atoms with van der Waals surface area (Å²) in [6, 6.07) is -2.40. The van der Waals surface area contributed by atoms with Crippen LogP contribution in [0.2, 0.25) is 0 Å². The van der Waals surface area contributed by atoms with E-state index in [1.165, 1.54) is 58.0 Å². The van der Waals surface area contributed by atoms with E-state index in [2.05, 4.69) is 27.5 Å². The number of rotatable bonds is 21. The van der Waals surface area contributed by atoms with E-state index in [9.17, 15) is 44.7 Å². The highest BCUT2D eigenvalue weighted by molar-refractivity contribution is 8.00. The Kier molecular flexibility index (Phi) is 16.7. The van der Waals surface area contributed by atoms with Crippen LogP contribution in [0, 0.1) is 0 Å². The molecule has 0 aromatic carbocycles. The van der Waals surface area contributed by atoms with Gasteiger partial charge in [-0.1, -0.05) is 64.7 Å². The summed E-state index contributed by atoms with van der Waals surface area (Å²) >= 11 is 1.02. The van der Waals surface area contributed by atoms with Gasteiger partial charge >= 0.3 is 5.97 Å². The van der Waals surface area contributed by atoms with Gasteiger partial charge in [0.15, 0.2) is 6.10 Å². The highest BCUT2D eigenvalue weighted by Gasteiger charge is 2.47. The van der Waals surface area contributed by atoms with Crippen molar-refractivity contribution in [3.63, 3.8) is 0 Å². The molecule has 1 saturated heterocycles. The molecule has 1 fully saturated rings. The molecule has 250 valence electrons. The van der Waals surface area contributed by atoms with Crippen LogP contribution in [-0.2, 0) is 25.6 Å². The van der Waals surface area contributed by atoms with E-state index in [0.29, 0.717) is 12.2 Å². The lowest BCUT2D eigenvalue weighted by Gasteiger charge is -2.34. The summed E-state index contributed by atoms with van der Waals surface area (Å²) in [6.07, 6.45) is 5.56. The van der Waals surface area contributed by atoms with Crippen LogP contribution < -0.4 is 10.6 Å². The average Bonchev–Trinajstić information content (AvgIpc) is 3.68. The van der Waals surface area contributed by atoms with Gasteiger partial charge in [0.2, 0.25) is 11.8 Å². The van der Waals surface area contributed by atoms with Gasteiger partial charge in [-0.15, -0.1) is 11.8 Å². The number of hydrogen-bond acceptors (Lipinski definition) is 10. The zero-order chi connectivity index (χ0) is 32.6. The number of aromatic nitrogens is 2. The fraction of sp³-hybridized carbons (Fsp3) is 0.759. The number of aliphatic carboxylic acids is 1. The van der Waals surface area contributed by atoms with E-state index in [4.69, 9.17) is 0 Å². The Morgan fingerprint density at radius 3 is 2.16 bits per heavy atom. The van der Waals surface area contributed by atoms with E-state index >= 15 is 0 Å². The van der Waals surface area contributed by atoms with Crippen LogP contribution in [0.3, 0.4) is 0 Å². The molecule has 3 amide bonds. The molecule has 15 heteroatoms. The van der Waals surface area contributed by atoms with Gasteiger partial charge in [-0.3, -0.25) is 14.4 Å².